The van der Waals surface area contributed by atoms with Gasteiger partial charge in [0.2, 0.25) is 0 Å². The van der Waals surface area contributed by atoms with Crippen LogP contribution < -0.4 is 10.5 Å². The fraction of sp³-hybridized carbons (Fsp3) is 0.333. The molecule has 0 fully saturated rings. The topological polar surface area (TPSA) is 77.1 Å². The highest BCUT2D eigenvalue weighted by atomic mass is 32.2. The van der Waals surface area contributed by atoms with Crippen molar-refractivity contribution in [3.8, 4) is 5.75 Å². The van der Waals surface area contributed by atoms with E-state index in [1.807, 2.05) is 18.2 Å². The van der Waals surface area contributed by atoms with Gasteiger partial charge < -0.3 is 15.2 Å². The molecule has 1 spiro atoms. The Bertz CT molecular complexity index is 1000. The van der Waals surface area contributed by atoms with Crippen molar-refractivity contribution in [2.45, 2.75) is 18.2 Å². The predicted molar refractivity (Wildman–Crippen MR) is 110 cm³/mol. The summed E-state index contributed by atoms with van der Waals surface area (Å²) >= 11 is 1.20. The van der Waals surface area contributed by atoms with E-state index in [0.29, 0.717) is 30.9 Å². The van der Waals surface area contributed by atoms with Crippen LogP contribution in [0.3, 0.4) is 0 Å². The molecule has 2 heterocycles. The number of halogens is 2. The maximum absolute atomic E-state index is 14.6. The van der Waals surface area contributed by atoms with Gasteiger partial charge in [-0.05, 0) is 44.2 Å². The number of para-hydroxylation sites is 1. The Morgan fingerprint density at radius 1 is 1.37 bits per heavy atom. The molecule has 0 aromatic heterocycles. The SMILES string of the molecule is CCOC(=O)N1N=C(c2cc(F)ccc2F)S[C@]12c1ccccc1OC[C@@H]2CCN. The van der Waals surface area contributed by atoms with E-state index in [4.69, 9.17) is 15.2 Å². The zero-order valence-electron chi connectivity index (χ0n) is 16.3. The molecule has 2 aliphatic heterocycles. The minimum absolute atomic E-state index is 0.0124. The van der Waals surface area contributed by atoms with Gasteiger partial charge in [-0.2, -0.15) is 10.1 Å². The number of fused-ring (bicyclic) bond motifs is 2. The molecule has 0 aliphatic carbocycles. The van der Waals surface area contributed by atoms with Crippen LogP contribution in [0.5, 0.6) is 5.75 Å². The van der Waals surface area contributed by atoms with Crippen LogP contribution in [-0.4, -0.2) is 35.9 Å². The van der Waals surface area contributed by atoms with Crippen molar-refractivity contribution in [1.82, 2.24) is 5.01 Å². The molecular formula is C21H21F2N3O3S. The second-order valence-corrected chi connectivity index (χ2v) is 8.13. The van der Waals surface area contributed by atoms with Crippen LogP contribution in [-0.2, 0) is 9.61 Å². The molecule has 2 aromatic rings. The van der Waals surface area contributed by atoms with Crippen molar-refractivity contribution in [3.05, 3.63) is 65.2 Å². The van der Waals surface area contributed by atoms with Gasteiger partial charge in [0.1, 0.15) is 22.4 Å². The molecule has 2 aromatic carbocycles. The van der Waals surface area contributed by atoms with Crippen LogP contribution in [0.2, 0.25) is 0 Å². The Morgan fingerprint density at radius 3 is 2.93 bits per heavy atom. The van der Waals surface area contributed by atoms with E-state index in [9.17, 15) is 13.6 Å². The second kappa shape index (κ2) is 8.23. The van der Waals surface area contributed by atoms with Gasteiger partial charge in [-0.15, -0.1) is 0 Å². The summed E-state index contributed by atoms with van der Waals surface area (Å²) in [5, 5.41) is 5.85. The molecule has 0 unspecified atom stereocenters. The summed E-state index contributed by atoms with van der Waals surface area (Å²) in [6.07, 6.45) is -0.137. The Labute approximate surface area is 177 Å². The number of carbonyl (C=O) groups excluding carboxylic acids is 1. The van der Waals surface area contributed by atoms with Crippen LogP contribution in [0.15, 0.2) is 47.6 Å². The number of nitrogens with two attached hydrogens (primary N) is 1. The summed E-state index contributed by atoms with van der Waals surface area (Å²) < 4.78 is 39.6. The predicted octanol–water partition coefficient (Wildman–Crippen LogP) is 4.04. The standard InChI is InChI=1S/C21H21F2N3O3S/c1-2-28-20(27)26-21(30-19(25-26)15-11-14(22)7-8-17(15)23)13(9-10-24)12-29-18-6-4-3-5-16(18)21/h3-8,11,13H,2,9-10,12,24H2,1H3/t13-,21+/m0/s1. The summed E-state index contributed by atoms with van der Waals surface area (Å²) in [5.74, 6) is -0.864. The molecule has 2 atom stereocenters. The highest BCUT2D eigenvalue weighted by molar-refractivity contribution is 8.15. The maximum atomic E-state index is 14.6. The second-order valence-electron chi connectivity index (χ2n) is 6.92. The van der Waals surface area contributed by atoms with Crippen LogP contribution in [0.25, 0.3) is 0 Å². The number of hydrogen-bond acceptors (Lipinski definition) is 6. The average Bonchev–Trinajstić information content (AvgIpc) is 3.13. The first-order valence-corrected chi connectivity index (χ1v) is 10.4. The Morgan fingerprint density at radius 2 is 2.17 bits per heavy atom. The number of carbonyl (C=O) groups is 1. The number of hydrazone groups is 1. The lowest BCUT2D eigenvalue weighted by atomic mass is 9.87. The van der Waals surface area contributed by atoms with Gasteiger partial charge in [-0.1, -0.05) is 30.0 Å². The van der Waals surface area contributed by atoms with Crippen molar-refractivity contribution in [3.63, 3.8) is 0 Å². The third-order valence-electron chi connectivity index (χ3n) is 5.14. The molecule has 30 heavy (non-hydrogen) atoms. The molecule has 9 heteroatoms. The van der Waals surface area contributed by atoms with E-state index in [1.165, 1.54) is 16.8 Å². The van der Waals surface area contributed by atoms with Crippen molar-refractivity contribution in [2.75, 3.05) is 19.8 Å². The molecule has 6 nitrogen and oxygen atoms in total. The van der Waals surface area contributed by atoms with Gasteiger partial charge in [0.25, 0.3) is 0 Å². The quantitative estimate of drug-likeness (QED) is 0.788. The Kier molecular flexibility index (Phi) is 5.66. The van der Waals surface area contributed by atoms with E-state index in [2.05, 4.69) is 5.10 Å². The summed E-state index contributed by atoms with van der Waals surface area (Å²) in [7, 11) is 0. The number of benzene rings is 2. The van der Waals surface area contributed by atoms with Crippen LogP contribution in [0.1, 0.15) is 24.5 Å². The monoisotopic (exact) mass is 433 g/mol. The van der Waals surface area contributed by atoms with E-state index >= 15 is 0 Å². The van der Waals surface area contributed by atoms with Gasteiger partial charge in [0.05, 0.1) is 13.2 Å². The number of nitrogens with zero attached hydrogens (tertiary/aromatic N) is 2. The lowest BCUT2D eigenvalue weighted by Crippen LogP contribution is -2.51. The number of rotatable bonds is 4. The van der Waals surface area contributed by atoms with Crippen molar-refractivity contribution >= 4 is 22.9 Å². The molecule has 0 radical (unpaired) electrons. The zero-order valence-corrected chi connectivity index (χ0v) is 17.1. The van der Waals surface area contributed by atoms with Crippen LogP contribution >= 0.6 is 11.8 Å². The summed E-state index contributed by atoms with van der Waals surface area (Å²) in [5.41, 5.74) is 6.55. The highest BCUT2D eigenvalue weighted by Gasteiger charge is 2.57. The van der Waals surface area contributed by atoms with E-state index < -0.39 is 22.6 Å². The Balaban J connectivity index is 1.90. The molecule has 0 saturated carbocycles. The van der Waals surface area contributed by atoms with Gasteiger partial charge in [0, 0.05) is 17.0 Å². The third kappa shape index (κ3) is 3.31. The summed E-state index contributed by atoms with van der Waals surface area (Å²) in [6.45, 7) is 2.50. The van der Waals surface area contributed by atoms with Gasteiger partial charge in [-0.25, -0.2) is 13.6 Å². The normalized spacial score (nSPS) is 22.5. The van der Waals surface area contributed by atoms with Crippen molar-refractivity contribution in [1.29, 1.82) is 0 Å². The van der Waals surface area contributed by atoms with Crippen LogP contribution in [0, 0.1) is 17.6 Å². The number of amides is 1. The molecular weight excluding hydrogens is 412 g/mol. The van der Waals surface area contributed by atoms with E-state index in [-0.39, 0.29) is 23.1 Å². The molecule has 0 saturated heterocycles. The first kappa shape index (κ1) is 20.6. The number of thioether (sulfide) groups is 1. The minimum atomic E-state index is -1.05. The van der Waals surface area contributed by atoms with Gasteiger partial charge in [-0.3, -0.25) is 0 Å². The lowest BCUT2D eigenvalue weighted by molar-refractivity contribution is 0.0397. The van der Waals surface area contributed by atoms with Crippen molar-refractivity contribution < 1.29 is 23.0 Å². The lowest BCUT2D eigenvalue weighted by Gasteiger charge is -2.44. The Hall–Kier alpha value is -2.65. The van der Waals surface area contributed by atoms with Crippen LogP contribution in [0.4, 0.5) is 13.6 Å². The largest absolute Gasteiger partial charge is 0.493 e. The molecule has 2 aliphatic rings. The number of ether oxygens (including phenoxy) is 2. The first-order valence-electron chi connectivity index (χ1n) is 9.63. The summed E-state index contributed by atoms with van der Waals surface area (Å²) in [6, 6.07) is 10.5. The molecule has 158 valence electrons. The first-order chi connectivity index (χ1) is 14.5. The summed E-state index contributed by atoms with van der Waals surface area (Å²) in [4.78, 5) is 11.9. The van der Waals surface area contributed by atoms with E-state index in [0.717, 1.165) is 18.2 Å². The fourth-order valence-corrected chi connectivity index (χ4v) is 5.34. The zero-order chi connectivity index (χ0) is 21.3. The minimum Gasteiger partial charge on any atom is -0.493 e. The highest BCUT2D eigenvalue weighted by Crippen LogP contribution is 2.57. The fourth-order valence-electron chi connectivity index (χ4n) is 3.82. The smallest absolute Gasteiger partial charge is 0.432 e. The van der Waals surface area contributed by atoms with Gasteiger partial charge in [0.15, 0.2) is 4.87 Å². The molecule has 2 N–H and O–H groups in total. The molecule has 0 bridgehead atoms. The maximum Gasteiger partial charge on any atom is 0.432 e. The third-order valence-corrected chi connectivity index (χ3v) is 6.67. The van der Waals surface area contributed by atoms with Crippen molar-refractivity contribution in [2.24, 2.45) is 16.8 Å². The number of hydrogen-bond donors (Lipinski definition) is 1. The molecule has 1 amide bonds. The van der Waals surface area contributed by atoms with E-state index in [1.54, 1.807) is 13.0 Å². The van der Waals surface area contributed by atoms with Gasteiger partial charge >= 0.3 is 6.09 Å². The average molecular weight is 433 g/mol. The molecule has 4 rings (SSSR count).